The van der Waals surface area contributed by atoms with E-state index >= 15 is 0 Å². The van der Waals surface area contributed by atoms with Gasteiger partial charge in [0.15, 0.2) is 5.82 Å². The van der Waals surface area contributed by atoms with Crippen LogP contribution >= 0.6 is 0 Å². The molecule has 0 atom stereocenters. The number of nitrogens with one attached hydrogen (secondary N) is 1. The van der Waals surface area contributed by atoms with Gasteiger partial charge in [0.2, 0.25) is 0 Å². The molecule has 0 amide bonds. The molecule has 7 nitrogen and oxygen atoms in total. The summed E-state index contributed by atoms with van der Waals surface area (Å²) in [7, 11) is -4.12. The third-order valence-electron chi connectivity index (χ3n) is 5.75. The number of nitriles is 1. The Morgan fingerprint density at radius 3 is 2.38 bits per heavy atom. The highest BCUT2D eigenvalue weighted by Crippen LogP contribution is 2.33. The number of aryl methyl sites for hydroxylation is 1. The first-order valence-electron chi connectivity index (χ1n) is 11.1. The van der Waals surface area contributed by atoms with Crippen molar-refractivity contribution in [3.8, 4) is 28.5 Å². The maximum Gasteiger partial charge on any atom is 0.345 e. The fourth-order valence-electron chi connectivity index (χ4n) is 3.89. The van der Waals surface area contributed by atoms with E-state index in [-0.39, 0.29) is 33.1 Å². The van der Waals surface area contributed by atoms with E-state index in [9.17, 15) is 22.9 Å². The van der Waals surface area contributed by atoms with Gasteiger partial charge in [0.25, 0.3) is 10.0 Å². The smallest absolute Gasteiger partial charge is 0.345 e. The summed E-state index contributed by atoms with van der Waals surface area (Å²) in [6, 6.07) is 23.6. The Labute approximate surface area is 211 Å². The Bertz CT molecular complexity index is 1860. The van der Waals surface area contributed by atoms with Gasteiger partial charge in [0.1, 0.15) is 23.0 Å². The Hall–Kier alpha value is -4.81. The third-order valence-corrected chi connectivity index (χ3v) is 7.10. The van der Waals surface area contributed by atoms with Gasteiger partial charge in [-0.3, -0.25) is 4.72 Å². The van der Waals surface area contributed by atoms with E-state index in [0.717, 1.165) is 5.56 Å². The molecule has 37 heavy (non-hydrogen) atoms. The fourth-order valence-corrected chi connectivity index (χ4v) is 4.93. The lowest BCUT2D eigenvalue weighted by Gasteiger charge is -2.14. The van der Waals surface area contributed by atoms with E-state index in [2.05, 4.69) is 9.71 Å². The van der Waals surface area contributed by atoms with Crippen molar-refractivity contribution in [1.82, 2.24) is 4.98 Å². The minimum absolute atomic E-state index is 0.0175. The molecule has 0 bridgehead atoms. The number of pyridine rings is 1. The van der Waals surface area contributed by atoms with E-state index in [1.54, 1.807) is 30.3 Å². The lowest BCUT2D eigenvalue weighted by Crippen LogP contribution is -2.16. The number of hydrogen-bond donors (Lipinski definition) is 1. The van der Waals surface area contributed by atoms with Crippen LogP contribution in [0.5, 0.6) is 0 Å². The number of fused-ring (bicyclic) bond motifs is 1. The van der Waals surface area contributed by atoms with E-state index in [1.807, 2.05) is 25.1 Å². The molecule has 3 aromatic carbocycles. The second-order valence-electron chi connectivity index (χ2n) is 8.30. The maximum absolute atomic E-state index is 13.9. The average Bonchev–Trinajstić information content (AvgIpc) is 2.89. The quantitative estimate of drug-likeness (QED) is 0.306. The molecule has 0 aliphatic rings. The Morgan fingerprint density at radius 1 is 0.946 bits per heavy atom. The molecule has 1 N–H and O–H groups in total. The molecule has 5 aromatic rings. The summed E-state index contributed by atoms with van der Waals surface area (Å²) in [5, 5.41) is 10.3. The summed E-state index contributed by atoms with van der Waals surface area (Å²) in [4.78, 5) is 17.2. The van der Waals surface area contributed by atoms with Crippen LogP contribution in [0.4, 0.5) is 10.2 Å². The van der Waals surface area contributed by atoms with Gasteiger partial charge in [-0.2, -0.15) is 5.26 Å². The van der Waals surface area contributed by atoms with Gasteiger partial charge < -0.3 is 4.42 Å². The lowest BCUT2D eigenvalue weighted by molar-refractivity contribution is 0.560. The Morgan fingerprint density at radius 2 is 1.68 bits per heavy atom. The van der Waals surface area contributed by atoms with Gasteiger partial charge in [-0.1, -0.05) is 48.0 Å². The van der Waals surface area contributed by atoms with Crippen molar-refractivity contribution in [1.29, 1.82) is 5.26 Å². The highest BCUT2D eigenvalue weighted by molar-refractivity contribution is 7.92. The maximum atomic E-state index is 13.9. The zero-order valence-electron chi connectivity index (χ0n) is 19.4. The van der Waals surface area contributed by atoms with Crippen LogP contribution < -0.4 is 10.3 Å². The van der Waals surface area contributed by atoms with E-state index < -0.39 is 21.5 Å². The molecule has 182 valence electrons. The predicted molar refractivity (Wildman–Crippen MR) is 138 cm³/mol. The summed E-state index contributed by atoms with van der Waals surface area (Å²) in [5.74, 6) is -0.769. The van der Waals surface area contributed by atoms with Crippen molar-refractivity contribution < 1.29 is 17.2 Å². The second kappa shape index (κ2) is 9.33. The Balaban J connectivity index is 1.77. The van der Waals surface area contributed by atoms with Crippen molar-refractivity contribution in [3.05, 3.63) is 112 Å². The van der Waals surface area contributed by atoms with Crippen LogP contribution in [0.3, 0.4) is 0 Å². The lowest BCUT2D eigenvalue weighted by atomic mass is 9.98. The van der Waals surface area contributed by atoms with Crippen LogP contribution in [0.1, 0.15) is 11.1 Å². The number of aromatic nitrogens is 1. The minimum atomic E-state index is -4.12. The summed E-state index contributed by atoms with van der Waals surface area (Å²) in [5.41, 5.74) is 1.41. The standard InChI is InChI=1S/C28H18FN3O4S/c1-17-7-9-18(10-8-17)22-15-25(23-14-19-13-20(29)11-12-26(19)36-28(23)33)31-27(24(22)16-30)32-37(34,35)21-5-3-2-4-6-21/h2-15H,1H3,(H,31,32). The Kier molecular flexibility index (Phi) is 6.03. The molecule has 0 saturated heterocycles. The van der Waals surface area contributed by atoms with Gasteiger partial charge in [-0.05, 0) is 55.0 Å². The summed E-state index contributed by atoms with van der Waals surface area (Å²) < 4.78 is 47.8. The molecule has 0 saturated carbocycles. The molecule has 0 unspecified atom stereocenters. The largest absolute Gasteiger partial charge is 0.422 e. The van der Waals surface area contributed by atoms with Crippen molar-refractivity contribution in [3.63, 3.8) is 0 Å². The van der Waals surface area contributed by atoms with Gasteiger partial charge in [-0.15, -0.1) is 0 Å². The van der Waals surface area contributed by atoms with E-state index in [0.29, 0.717) is 16.5 Å². The number of sulfonamides is 1. The normalized spacial score (nSPS) is 11.3. The third kappa shape index (κ3) is 4.70. The van der Waals surface area contributed by atoms with Crippen LogP contribution in [0.2, 0.25) is 0 Å². The molecule has 0 aliphatic carbocycles. The molecule has 9 heteroatoms. The molecular weight excluding hydrogens is 493 g/mol. The predicted octanol–water partition coefficient (Wildman–Crippen LogP) is 5.64. The van der Waals surface area contributed by atoms with Gasteiger partial charge in [-0.25, -0.2) is 22.6 Å². The zero-order chi connectivity index (χ0) is 26.2. The molecule has 0 fully saturated rings. The van der Waals surface area contributed by atoms with Crippen LogP contribution in [0.15, 0.2) is 99.0 Å². The number of hydrogen-bond acceptors (Lipinski definition) is 6. The van der Waals surface area contributed by atoms with Crippen LogP contribution in [0, 0.1) is 24.1 Å². The average molecular weight is 512 g/mol. The minimum Gasteiger partial charge on any atom is -0.422 e. The molecule has 0 aliphatic heterocycles. The first-order chi connectivity index (χ1) is 17.7. The van der Waals surface area contributed by atoms with Gasteiger partial charge >= 0.3 is 5.63 Å². The first kappa shape index (κ1) is 23.9. The van der Waals surface area contributed by atoms with E-state index in [1.165, 1.54) is 42.5 Å². The van der Waals surface area contributed by atoms with E-state index in [4.69, 9.17) is 4.42 Å². The number of anilines is 1. The molecular formula is C28H18FN3O4S. The van der Waals surface area contributed by atoms with Crippen molar-refractivity contribution >= 4 is 26.8 Å². The van der Waals surface area contributed by atoms with Gasteiger partial charge in [0.05, 0.1) is 16.2 Å². The highest BCUT2D eigenvalue weighted by atomic mass is 32.2. The zero-order valence-corrected chi connectivity index (χ0v) is 20.2. The first-order valence-corrected chi connectivity index (χ1v) is 12.6. The fraction of sp³-hybridized carbons (Fsp3) is 0.0357. The molecule has 5 rings (SSSR count). The molecule has 2 aromatic heterocycles. The van der Waals surface area contributed by atoms with Gasteiger partial charge in [0, 0.05) is 10.9 Å². The molecule has 0 spiro atoms. The highest BCUT2D eigenvalue weighted by Gasteiger charge is 2.22. The topological polar surface area (TPSA) is 113 Å². The summed E-state index contributed by atoms with van der Waals surface area (Å²) in [6.45, 7) is 1.91. The van der Waals surface area contributed by atoms with Crippen molar-refractivity contribution in [2.24, 2.45) is 0 Å². The van der Waals surface area contributed by atoms with Crippen molar-refractivity contribution in [2.75, 3.05) is 4.72 Å². The monoisotopic (exact) mass is 511 g/mol. The summed E-state index contributed by atoms with van der Waals surface area (Å²) in [6.07, 6.45) is 0. The van der Waals surface area contributed by atoms with Crippen LogP contribution in [-0.4, -0.2) is 13.4 Å². The summed E-state index contributed by atoms with van der Waals surface area (Å²) >= 11 is 0. The van der Waals surface area contributed by atoms with Crippen LogP contribution in [0.25, 0.3) is 33.4 Å². The molecule has 2 heterocycles. The number of benzene rings is 3. The SMILES string of the molecule is Cc1ccc(-c2cc(-c3cc4cc(F)ccc4oc3=O)nc(NS(=O)(=O)c3ccccc3)c2C#N)cc1. The molecule has 0 radical (unpaired) electrons. The number of nitrogens with zero attached hydrogens (tertiary/aromatic N) is 2. The second-order valence-corrected chi connectivity index (χ2v) is 9.99. The number of rotatable bonds is 5. The van der Waals surface area contributed by atoms with Crippen molar-refractivity contribution in [2.45, 2.75) is 11.8 Å². The number of halogens is 1. The van der Waals surface area contributed by atoms with Crippen LogP contribution in [-0.2, 0) is 10.0 Å².